The molecule has 3 rings (SSSR count). The Balaban J connectivity index is 2.04. The molecule has 2 heterocycles. The van der Waals surface area contributed by atoms with Crippen LogP contribution in [0.1, 0.15) is 18.1 Å². The summed E-state index contributed by atoms with van der Waals surface area (Å²) in [5.41, 5.74) is 0.666. The van der Waals surface area contributed by atoms with Gasteiger partial charge >= 0.3 is 11.7 Å². The number of ether oxygens (including phenoxy) is 3. The van der Waals surface area contributed by atoms with Crippen LogP contribution in [0.25, 0.3) is 11.0 Å². The predicted molar refractivity (Wildman–Crippen MR) is 105 cm³/mol. The van der Waals surface area contributed by atoms with E-state index in [-0.39, 0.29) is 24.2 Å². The van der Waals surface area contributed by atoms with Crippen molar-refractivity contribution in [3.63, 3.8) is 0 Å². The lowest BCUT2D eigenvalue weighted by atomic mass is 10.1. The zero-order valence-corrected chi connectivity index (χ0v) is 16.1. The maximum atomic E-state index is 12.4. The van der Waals surface area contributed by atoms with Crippen LogP contribution in [-0.2, 0) is 22.7 Å². The zero-order valence-electron chi connectivity index (χ0n) is 16.1. The van der Waals surface area contributed by atoms with Crippen molar-refractivity contribution in [3.05, 3.63) is 56.4 Å². The fourth-order valence-corrected chi connectivity index (χ4v) is 2.84. The maximum Gasteiger partial charge on any atom is 0.327 e. The van der Waals surface area contributed by atoms with E-state index >= 15 is 0 Å². The van der Waals surface area contributed by atoms with E-state index in [0.29, 0.717) is 28.3 Å². The van der Waals surface area contributed by atoms with E-state index in [1.807, 2.05) is 0 Å². The van der Waals surface area contributed by atoms with Gasteiger partial charge < -0.3 is 19.5 Å². The number of rotatable bonds is 7. The molecule has 29 heavy (non-hydrogen) atoms. The van der Waals surface area contributed by atoms with E-state index < -0.39 is 17.2 Å². The normalized spacial score (nSPS) is 10.6. The largest absolute Gasteiger partial charge is 0.497 e. The molecule has 3 N–H and O–H groups in total. The van der Waals surface area contributed by atoms with Crippen molar-refractivity contribution in [2.45, 2.75) is 20.1 Å². The Kier molecular flexibility index (Phi) is 5.82. The summed E-state index contributed by atoms with van der Waals surface area (Å²) in [6, 6.07) is 5.27. The number of aromatic nitrogens is 3. The molecule has 0 aliphatic heterocycles. The Morgan fingerprint density at radius 1 is 1.10 bits per heavy atom. The number of aromatic amines is 2. The van der Waals surface area contributed by atoms with Crippen LogP contribution in [0, 0.1) is 0 Å². The van der Waals surface area contributed by atoms with Crippen molar-refractivity contribution in [3.8, 4) is 11.5 Å². The summed E-state index contributed by atoms with van der Waals surface area (Å²) in [5.74, 6) is 0.722. The molecule has 152 valence electrons. The number of anilines is 1. The molecular weight excluding hydrogens is 380 g/mol. The molecule has 0 aliphatic rings. The Labute approximate surface area is 164 Å². The summed E-state index contributed by atoms with van der Waals surface area (Å²) < 4.78 is 15.6. The van der Waals surface area contributed by atoms with Gasteiger partial charge in [-0.15, -0.1) is 0 Å². The van der Waals surface area contributed by atoms with Gasteiger partial charge in [0.25, 0.3) is 5.56 Å². The van der Waals surface area contributed by atoms with Crippen LogP contribution in [0.2, 0.25) is 0 Å². The molecule has 10 heteroatoms. The topological polar surface area (TPSA) is 135 Å². The van der Waals surface area contributed by atoms with E-state index in [1.165, 1.54) is 13.1 Å². The number of pyridine rings is 1. The van der Waals surface area contributed by atoms with Crippen molar-refractivity contribution in [2.24, 2.45) is 0 Å². The van der Waals surface area contributed by atoms with Crippen LogP contribution in [-0.4, -0.2) is 35.1 Å². The number of esters is 1. The third kappa shape index (κ3) is 4.54. The molecule has 0 aliphatic carbocycles. The summed E-state index contributed by atoms with van der Waals surface area (Å²) in [7, 11) is 3.09. The number of fused-ring (bicyclic) bond motifs is 1. The second kappa shape index (κ2) is 8.46. The van der Waals surface area contributed by atoms with Crippen LogP contribution < -0.4 is 26.0 Å². The lowest BCUT2D eigenvalue weighted by Crippen LogP contribution is -2.24. The van der Waals surface area contributed by atoms with Crippen LogP contribution in [0.3, 0.4) is 0 Å². The lowest BCUT2D eigenvalue weighted by molar-refractivity contribution is -0.142. The molecule has 0 unspecified atom stereocenters. The molecule has 1 aromatic carbocycles. The molecule has 0 saturated carbocycles. The van der Waals surface area contributed by atoms with Crippen molar-refractivity contribution < 1.29 is 19.0 Å². The molecule has 0 saturated heterocycles. The fraction of sp³-hybridized carbons (Fsp3) is 0.263. The number of benzene rings is 1. The summed E-state index contributed by atoms with van der Waals surface area (Å²) in [6.07, 6.45) is 1.46. The standard InChI is InChI=1S/C19H20N4O6/c1-10(24)29-9-11-7-21-17-16(18(25)23-19(26)22-17)15(11)8-20-12-4-13(27-2)6-14(5-12)28-3/h4-7,20H,8-9H2,1-3H3,(H2,21,22,23,25,26). The quantitative estimate of drug-likeness (QED) is 0.505. The first-order valence-electron chi connectivity index (χ1n) is 8.64. The van der Waals surface area contributed by atoms with E-state index in [9.17, 15) is 14.4 Å². The van der Waals surface area contributed by atoms with Gasteiger partial charge in [-0.1, -0.05) is 0 Å². The number of hydrogen-bond acceptors (Lipinski definition) is 8. The minimum Gasteiger partial charge on any atom is -0.497 e. The third-order valence-corrected chi connectivity index (χ3v) is 4.21. The van der Waals surface area contributed by atoms with Crippen LogP contribution >= 0.6 is 0 Å². The highest BCUT2D eigenvalue weighted by molar-refractivity contribution is 5.79. The molecule has 2 aromatic heterocycles. The van der Waals surface area contributed by atoms with Gasteiger partial charge in [-0.25, -0.2) is 9.78 Å². The Morgan fingerprint density at radius 3 is 2.41 bits per heavy atom. The molecule has 0 atom stereocenters. The number of hydrogen-bond donors (Lipinski definition) is 3. The number of carbonyl (C=O) groups excluding carboxylic acids is 1. The lowest BCUT2D eigenvalue weighted by Gasteiger charge is -2.14. The minimum absolute atomic E-state index is 0.0602. The van der Waals surface area contributed by atoms with Gasteiger partial charge in [0.05, 0.1) is 19.6 Å². The van der Waals surface area contributed by atoms with E-state index in [1.54, 1.807) is 32.4 Å². The van der Waals surface area contributed by atoms with Crippen LogP contribution in [0.15, 0.2) is 34.0 Å². The highest BCUT2D eigenvalue weighted by atomic mass is 16.5. The highest BCUT2D eigenvalue weighted by Gasteiger charge is 2.15. The monoisotopic (exact) mass is 400 g/mol. The van der Waals surface area contributed by atoms with E-state index in [0.717, 1.165) is 0 Å². The minimum atomic E-state index is -0.654. The second-order valence-corrected chi connectivity index (χ2v) is 6.13. The first-order valence-corrected chi connectivity index (χ1v) is 8.64. The Hall–Kier alpha value is -3.82. The van der Waals surface area contributed by atoms with Gasteiger partial charge in [-0.3, -0.25) is 19.6 Å². The van der Waals surface area contributed by atoms with Crippen molar-refractivity contribution in [1.82, 2.24) is 15.0 Å². The zero-order chi connectivity index (χ0) is 21.0. The average molecular weight is 400 g/mol. The van der Waals surface area contributed by atoms with Crippen molar-refractivity contribution >= 4 is 22.7 Å². The summed E-state index contributed by atoms with van der Waals surface area (Å²) in [4.78, 5) is 44.0. The SMILES string of the molecule is COc1cc(NCc2c(COC(C)=O)cnc3[nH]c(=O)[nH]c(=O)c23)cc(OC)c1. The van der Waals surface area contributed by atoms with E-state index in [2.05, 4.69) is 20.3 Å². The Morgan fingerprint density at radius 2 is 1.79 bits per heavy atom. The molecule has 0 radical (unpaired) electrons. The molecular formula is C19H20N4O6. The van der Waals surface area contributed by atoms with Gasteiger partial charge in [0.15, 0.2) is 0 Å². The molecule has 3 aromatic rings. The third-order valence-electron chi connectivity index (χ3n) is 4.21. The number of nitrogens with zero attached hydrogens (tertiary/aromatic N) is 1. The predicted octanol–water partition coefficient (Wildman–Crippen LogP) is 1.30. The highest BCUT2D eigenvalue weighted by Crippen LogP contribution is 2.27. The van der Waals surface area contributed by atoms with Crippen molar-refractivity contribution in [2.75, 3.05) is 19.5 Å². The number of carbonyl (C=O) groups is 1. The smallest absolute Gasteiger partial charge is 0.327 e. The Bertz CT molecular complexity index is 1150. The van der Waals surface area contributed by atoms with Crippen LogP contribution in [0.5, 0.6) is 11.5 Å². The molecule has 0 fully saturated rings. The van der Waals surface area contributed by atoms with Gasteiger partial charge in [0.1, 0.15) is 23.8 Å². The number of H-pyrrole nitrogens is 2. The number of nitrogens with one attached hydrogen (secondary N) is 3. The molecule has 0 amide bonds. The first kappa shape index (κ1) is 19.9. The van der Waals surface area contributed by atoms with E-state index in [4.69, 9.17) is 14.2 Å². The van der Waals surface area contributed by atoms with Gasteiger partial charge in [0, 0.05) is 49.1 Å². The maximum absolute atomic E-state index is 12.4. The van der Waals surface area contributed by atoms with Gasteiger partial charge in [-0.05, 0) is 5.56 Å². The number of methoxy groups -OCH3 is 2. The van der Waals surface area contributed by atoms with Crippen molar-refractivity contribution in [1.29, 1.82) is 0 Å². The van der Waals surface area contributed by atoms with Gasteiger partial charge in [-0.2, -0.15) is 0 Å². The second-order valence-electron chi connectivity index (χ2n) is 6.13. The fourth-order valence-electron chi connectivity index (χ4n) is 2.84. The molecule has 0 bridgehead atoms. The van der Waals surface area contributed by atoms with Crippen LogP contribution in [0.4, 0.5) is 5.69 Å². The summed E-state index contributed by atoms with van der Waals surface area (Å²) >= 11 is 0. The molecule has 10 nitrogen and oxygen atoms in total. The summed E-state index contributed by atoms with van der Waals surface area (Å²) in [6.45, 7) is 1.43. The van der Waals surface area contributed by atoms with Gasteiger partial charge in [0.2, 0.25) is 0 Å². The first-order chi connectivity index (χ1) is 13.9. The molecule has 0 spiro atoms. The average Bonchev–Trinajstić information content (AvgIpc) is 2.70. The summed E-state index contributed by atoms with van der Waals surface area (Å²) in [5, 5.41) is 3.40.